The van der Waals surface area contributed by atoms with E-state index in [4.69, 9.17) is 0 Å². The van der Waals surface area contributed by atoms with Gasteiger partial charge in [-0.15, -0.1) is 0 Å². The third-order valence-corrected chi connectivity index (χ3v) is 2.30. The van der Waals surface area contributed by atoms with Gasteiger partial charge in [0, 0.05) is 6.07 Å². The molecule has 0 aromatic heterocycles. The van der Waals surface area contributed by atoms with Gasteiger partial charge in [0.15, 0.2) is 0 Å². The van der Waals surface area contributed by atoms with E-state index in [1.807, 2.05) is 13.8 Å². The maximum atomic E-state index is 12.8. The Morgan fingerprint density at radius 3 is 2.50 bits per heavy atom. The minimum Gasteiger partial charge on any atom is -0.508 e. The van der Waals surface area contributed by atoms with E-state index >= 15 is 0 Å². The Hall–Kier alpha value is -0.570. The molecule has 0 aliphatic carbocycles. The highest BCUT2D eigenvalue weighted by atomic mass is 79.9. The van der Waals surface area contributed by atoms with Crippen LogP contribution in [-0.4, -0.2) is 5.11 Å². The number of phenols is 1. The first kappa shape index (κ1) is 9.52. The first-order valence-corrected chi connectivity index (χ1v) is 4.49. The largest absolute Gasteiger partial charge is 0.508 e. The molecule has 3 heteroatoms. The second kappa shape index (κ2) is 3.44. The summed E-state index contributed by atoms with van der Waals surface area (Å²) in [4.78, 5) is 0. The number of halogens is 2. The van der Waals surface area contributed by atoms with Crippen molar-refractivity contribution >= 4 is 15.9 Å². The molecule has 0 spiro atoms. The Kier molecular flexibility index (Phi) is 2.73. The highest BCUT2D eigenvalue weighted by molar-refractivity contribution is 9.10. The lowest BCUT2D eigenvalue weighted by Crippen LogP contribution is -1.90. The Morgan fingerprint density at radius 1 is 1.42 bits per heavy atom. The fourth-order valence-electron chi connectivity index (χ4n) is 1.01. The van der Waals surface area contributed by atoms with Crippen molar-refractivity contribution in [3.63, 3.8) is 0 Å². The Bertz CT molecular complexity index is 297. The summed E-state index contributed by atoms with van der Waals surface area (Å²) in [6.07, 6.45) is 0. The normalized spacial score (nSPS) is 10.8. The molecule has 1 nitrogen and oxygen atoms in total. The van der Waals surface area contributed by atoms with Crippen LogP contribution in [0.5, 0.6) is 5.75 Å². The van der Waals surface area contributed by atoms with E-state index in [2.05, 4.69) is 15.9 Å². The molecule has 0 fully saturated rings. The van der Waals surface area contributed by atoms with E-state index < -0.39 is 5.82 Å². The monoisotopic (exact) mass is 232 g/mol. The van der Waals surface area contributed by atoms with Crippen LogP contribution in [0.15, 0.2) is 16.6 Å². The van der Waals surface area contributed by atoms with Crippen LogP contribution >= 0.6 is 15.9 Å². The highest BCUT2D eigenvalue weighted by Crippen LogP contribution is 2.30. The quantitative estimate of drug-likeness (QED) is 0.787. The van der Waals surface area contributed by atoms with Crippen LogP contribution in [0.25, 0.3) is 0 Å². The number of rotatable bonds is 1. The van der Waals surface area contributed by atoms with Crippen LogP contribution in [0.4, 0.5) is 4.39 Å². The lowest BCUT2D eigenvalue weighted by Gasteiger charge is -2.08. The summed E-state index contributed by atoms with van der Waals surface area (Å²) in [7, 11) is 0. The molecule has 0 aliphatic rings. The van der Waals surface area contributed by atoms with Crippen LogP contribution in [0.1, 0.15) is 25.3 Å². The topological polar surface area (TPSA) is 20.2 Å². The molecule has 0 heterocycles. The van der Waals surface area contributed by atoms with Gasteiger partial charge < -0.3 is 5.11 Å². The zero-order valence-electron chi connectivity index (χ0n) is 6.94. The SMILES string of the molecule is CC(C)c1cc(Br)c(F)cc1O. The van der Waals surface area contributed by atoms with Gasteiger partial charge in [0.25, 0.3) is 0 Å². The molecule has 0 saturated heterocycles. The fourth-order valence-corrected chi connectivity index (χ4v) is 1.38. The van der Waals surface area contributed by atoms with Crippen LogP contribution in [0.2, 0.25) is 0 Å². The molecule has 1 N–H and O–H groups in total. The Morgan fingerprint density at radius 2 is 2.00 bits per heavy atom. The number of phenolic OH excluding ortho intramolecular Hbond substituents is 1. The molecule has 0 unspecified atom stereocenters. The molecule has 66 valence electrons. The average molecular weight is 233 g/mol. The Labute approximate surface area is 79.4 Å². The second-order valence-corrected chi connectivity index (χ2v) is 3.83. The van der Waals surface area contributed by atoms with E-state index in [1.165, 1.54) is 0 Å². The lowest BCUT2D eigenvalue weighted by atomic mass is 10.0. The molecule has 1 rings (SSSR count). The van der Waals surface area contributed by atoms with Gasteiger partial charge in [0.2, 0.25) is 0 Å². The van der Waals surface area contributed by atoms with Crippen molar-refractivity contribution < 1.29 is 9.50 Å². The van der Waals surface area contributed by atoms with Gasteiger partial charge in [-0.1, -0.05) is 13.8 Å². The van der Waals surface area contributed by atoms with E-state index in [9.17, 15) is 9.50 Å². The standard InChI is InChI=1S/C9H10BrFO/c1-5(2)6-3-7(10)8(11)4-9(6)12/h3-5,12H,1-2H3. The molecular weight excluding hydrogens is 223 g/mol. The summed E-state index contributed by atoms with van der Waals surface area (Å²) in [5.74, 6) is -0.218. The third-order valence-electron chi connectivity index (χ3n) is 1.69. The zero-order valence-corrected chi connectivity index (χ0v) is 8.52. The van der Waals surface area contributed by atoms with Gasteiger partial charge in [0.1, 0.15) is 11.6 Å². The summed E-state index contributed by atoms with van der Waals surface area (Å²) in [6, 6.07) is 2.73. The predicted octanol–water partition coefficient (Wildman–Crippen LogP) is 3.42. The smallest absolute Gasteiger partial charge is 0.141 e. The van der Waals surface area contributed by atoms with Crippen molar-refractivity contribution in [3.8, 4) is 5.75 Å². The lowest BCUT2D eigenvalue weighted by molar-refractivity contribution is 0.458. The molecule has 12 heavy (non-hydrogen) atoms. The number of aromatic hydroxyl groups is 1. The van der Waals surface area contributed by atoms with Crippen LogP contribution in [-0.2, 0) is 0 Å². The van der Waals surface area contributed by atoms with E-state index in [1.54, 1.807) is 6.07 Å². The molecule has 1 aromatic rings. The number of hydrogen-bond donors (Lipinski definition) is 1. The van der Waals surface area contributed by atoms with Crippen molar-refractivity contribution in [2.75, 3.05) is 0 Å². The van der Waals surface area contributed by atoms with Crippen LogP contribution in [0, 0.1) is 5.82 Å². The van der Waals surface area contributed by atoms with Crippen LogP contribution in [0.3, 0.4) is 0 Å². The third kappa shape index (κ3) is 1.78. The number of benzene rings is 1. The molecule has 1 aromatic carbocycles. The molecular formula is C9H10BrFO. The minimum absolute atomic E-state index is 0.0192. The first-order valence-electron chi connectivity index (χ1n) is 3.70. The molecule has 0 saturated carbocycles. The van der Waals surface area contributed by atoms with Gasteiger partial charge in [-0.25, -0.2) is 4.39 Å². The van der Waals surface area contributed by atoms with Crippen molar-refractivity contribution in [1.29, 1.82) is 0 Å². The number of hydrogen-bond acceptors (Lipinski definition) is 1. The van der Waals surface area contributed by atoms with Crippen molar-refractivity contribution in [2.24, 2.45) is 0 Å². The molecule has 0 atom stereocenters. The average Bonchev–Trinajstić information content (AvgIpc) is 1.96. The summed E-state index contributed by atoms with van der Waals surface area (Å²) in [5, 5.41) is 9.33. The Balaban J connectivity index is 3.23. The summed E-state index contributed by atoms with van der Waals surface area (Å²) in [5.41, 5.74) is 0.753. The summed E-state index contributed by atoms with van der Waals surface area (Å²) in [6.45, 7) is 3.89. The zero-order chi connectivity index (χ0) is 9.30. The predicted molar refractivity (Wildman–Crippen MR) is 49.9 cm³/mol. The van der Waals surface area contributed by atoms with Crippen molar-refractivity contribution in [2.45, 2.75) is 19.8 Å². The fraction of sp³-hybridized carbons (Fsp3) is 0.333. The van der Waals surface area contributed by atoms with Gasteiger partial charge in [-0.2, -0.15) is 0 Å². The molecule has 0 radical (unpaired) electrons. The van der Waals surface area contributed by atoms with Crippen molar-refractivity contribution in [1.82, 2.24) is 0 Å². The second-order valence-electron chi connectivity index (χ2n) is 2.98. The first-order chi connectivity index (χ1) is 5.52. The summed E-state index contributed by atoms with van der Waals surface area (Å²) >= 11 is 3.06. The maximum Gasteiger partial charge on any atom is 0.141 e. The molecule has 0 amide bonds. The van der Waals surface area contributed by atoms with Gasteiger partial charge >= 0.3 is 0 Å². The maximum absolute atomic E-state index is 12.8. The van der Waals surface area contributed by atoms with E-state index in [0.29, 0.717) is 4.47 Å². The van der Waals surface area contributed by atoms with Gasteiger partial charge in [-0.3, -0.25) is 0 Å². The highest BCUT2D eigenvalue weighted by Gasteiger charge is 2.09. The molecule has 0 aliphatic heterocycles. The van der Waals surface area contributed by atoms with Gasteiger partial charge in [-0.05, 0) is 33.5 Å². The molecule has 0 bridgehead atoms. The van der Waals surface area contributed by atoms with Crippen LogP contribution < -0.4 is 0 Å². The minimum atomic E-state index is -0.433. The summed E-state index contributed by atoms with van der Waals surface area (Å²) < 4.78 is 13.2. The van der Waals surface area contributed by atoms with E-state index in [0.717, 1.165) is 11.6 Å². The van der Waals surface area contributed by atoms with E-state index in [-0.39, 0.29) is 11.7 Å². The van der Waals surface area contributed by atoms with Crippen molar-refractivity contribution in [3.05, 3.63) is 28.0 Å². The van der Waals surface area contributed by atoms with Gasteiger partial charge in [0.05, 0.1) is 4.47 Å².